The molecule has 0 aromatic heterocycles. The second-order valence-electron chi connectivity index (χ2n) is 7.67. The Morgan fingerprint density at radius 1 is 1.14 bits per heavy atom. The molecule has 2 heteroatoms. The van der Waals surface area contributed by atoms with Crippen LogP contribution in [-0.2, 0) is 6.42 Å². The summed E-state index contributed by atoms with van der Waals surface area (Å²) in [6.45, 7) is 7.06. The van der Waals surface area contributed by atoms with E-state index in [1.54, 1.807) is 12.1 Å². The van der Waals surface area contributed by atoms with E-state index < -0.39 is 0 Å². The van der Waals surface area contributed by atoms with Crippen molar-refractivity contribution in [3.63, 3.8) is 0 Å². The van der Waals surface area contributed by atoms with Gasteiger partial charge in [0.15, 0.2) is 0 Å². The molecule has 1 fully saturated rings. The Kier molecular flexibility index (Phi) is 5.43. The average molecular weight is 291 g/mol. The summed E-state index contributed by atoms with van der Waals surface area (Å²) in [5.41, 5.74) is 1.26. The SMILES string of the molecule is CNC(Cc1ccccc1F)C1CCC(C(C)(C)C)CC1. The molecule has 1 N–H and O–H groups in total. The number of halogens is 1. The van der Waals surface area contributed by atoms with Gasteiger partial charge in [0.1, 0.15) is 5.82 Å². The summed E-state index contributed by atoms with van der Waals surface area (Å²) in [4.78, 5) is 0. The van der Waals surface area contributed by atoms with Crippen LogP contribution in [0, 0.1) is 23.1 Å². The van der Waals surface area contributed by atoms with Crippen molar-refractivity contribution >= 4 is 0 Å². The maximum absolute atomic E-state index is 13.8. The highest BCUT2D eigenvalue weighted by Crippen LogP contribution is 2.41. The van der Waals surface area contributed by atoms with Crippen molar-refractivity contribution < 1.29 is 4.39 Å². The largest absolute Gasteiger partial charge is 0.316 e. The number of hydrogen-bond acceptors (Lipinski definition) is 1. The van der Waals surface area contributed by atoms with E-state index in [1.807, 2.05) is 19.2 Å². The topological polar surface area (TPSA) is 12.0 Å². The molecule has 0 bridgehead atoms. The maximum Gasteiger partial charge on any atom is 0.126 e. The zero-order valence-corrected chi connectivity index (χ0v) is 14.0. The number of hydrogen-bond donors (Lipinski definition) is 1. The summed E-state index contributed by atoms with van der Waals surface area (Å²) >= 11 is 0. The first-order valence-corrected chi connectivity index (χ1v) is 8.32. The van der Waals surface area contributed by atoms with Crippen molar-refractivity contribution in [2.75, 3.05) is 7.05 Å². The molecule has 1 nitrogen and oxygen atoms in total. The van der Waals surface area contributed by atoms with E-state index in [2.05, 4.69) is 26.1 Å². The fourth-order valence-corrected chi connectivity index (χ4v) is 3.79. The predicted molar refractivity (Wildman–Crippen MR) is 87.9 cm³/mol. The molecule has 21 heavy (non-hydrogen) atoms. The van der Waals surface area contributed by atoms with Gasteiger partial charge in [-0.25, -0.2) is 4.39 Å². The summed E-state index contributed by atoms with van der Waals surface area (Å²) < 4.78 is 13.8. The van der Waals surface area contributed by atoms with E-state index in [0.717, 1.165) is 17.9 Å². The lowest BCUT2D eigenvalue weighted by atomic mass is 9.68. The molecule has 1 aromatic carbocycles. The smallest absolute Gasteiger partial charge is 0.126 e. The molecule has 1 aromatic rings. The van der Waals surface area contributed by atoms with Gasteiger partial charge < -0.3 is 5.32 Å². The third kappa shape index (κ3) is 4.29. The van der Waals surface area contributed by atoms with Gasteiger partial charge in [-0.2, -0.15) is 0 Å². The Morgan fingerprint density at radius 2 is 1.76 bits per heavy atom. The monoisotopic (exact) mass is 291 g/mol. The van der Waals surface area contributed by atoms with Gasteiger partial charge in [0.2, 0.25) is 0 Å². The van der Waals surface area contributed by atoms with E-state index in [-0.39, 0.29) is 5.82 Å². The molecule has 1 aliphatic carbocycles. The zero-order chi connectivity index (χ0) is 15.5. The minimum absolute atomic E-state index is 0.0684. The Bertz CT molecular complexity index is 441. The molecule has 0 radical (unpaired) electrons. The number of nitrogens with one attached hydrogen (secondary N) is 1. The van der Waals surface area contributed by atoms with Gasteiger partial charge in [0.25, 0.3) is 0 Å². The van der Waals surface area contributed by atoms with Gasteiger partial charge in [-0.15, -0.1) is 0 Å². The van der Waals surface area contributed by atoms with Gasteiger partial charge in [0.05, 0.1) is 0 Å². The number of benzene rings is 1. The molecule has 0 amide bonds. The van der Waals surface area contributed by atoms with Gasteiger partial charge in [0, 0.05) is 6.04 Å². The molecule has 2 rings (SSSR count). The quantitative estimate of drug-likeness (QED) is 0.839. The molecule has 1 aliphatic rings. The normalized spacial score (nSPS) is 24.8. The van der Waals surface area contributed by atoms with Crippen LogP contribution in [0.3, 0.4) is 0 Å². The Labute approximate surface area is 129 Å². The first-order valence-electron chi connectivity index (χ1n) is 8.32. The first kappa shape index (κ1) is 16.5. The zero-order valence-electron chi connectivity index (χ0n) is 14.0. The van der Waals surface area contributed by atoms with Crippen LogP contribution in [0.5, 0.6) is 0 Å². The lowest BCUT2D eigenvalue weighted by Gasteiger charge is -2.39. The lowest BCUT2D eigenvalue weighted by Crippen LogP contribution is -2.39. The lowest BCUT2D eigenvalue weighted by molar-refractivity contribution is 0.134. The van der Waals surface area contributed by atoms with Crippen LogP contribution in [0.4, 0.5) is 4.39 Å². The van der Waals surface area contributed by atoms with E-state index >= 15 is 0 Å². The standard InChI is InChI=1S/C19H30FN/c1-19(2,3)16-11-9-14(10-12-16)18(21-4)13-15-7-5-6-8-17(15)20/h5-8,14,16,18,21H,9-13H2,1-4H3. The molecule has 118 valence electrons. The Hall–Kier alpha value is -0.890. The van der Waals surface area contributed by atoms with E-state index in [9.17, 15) is 4.39 Å². The molecule has 0 spiro atoms. The minimum atomic E-state index is -0.0684. The van der Waals surface area contributed by atoms with Crippen molar-refractivity contribution in [3.8, 4) is 0 Å². The average Bonchev–Trinajstić information content (AvgIpc) is 2.46. The second kappa shape index (κ2) is 6.91. The van der Waals surface area contributed by atoms with Gasteiger partial charge >= 0.3 is 0 Å². The minimum Gasteiger partial charge on any atom is -0.316 e. The highest BCUT2D eigenvalue weighted by atomic mass is 19.1. The van der Waals surface area contributed by atoms with Crippen molar-refractivity contribution in [3.05, 3.63) is 35.6 Å². The molecule has 0 aliphatic heterocycles. The van der Waals surface area contributed by atoms with E-state index in [1.165, 1.54) is 25.7 Å². The van der Waals surface area contributed by atoms with Gasteiger partial charge in [-0.1, -0.05) is 39.0 Å². The molecule has 1 saturated carbocycles. The summed E-state index contributed by atoms with van der Waals surface area (Å²) in [6.07, 6.45) is 5.95. The van der Waals surface area contributed by atoms with Crippen LogP contribution >= 0.6 is 0 Å². The molecule has 1 unspecified atom stereocenters. The van der Waals surface area contributed by atoms with E-state index in [0.29, 0.717) is 17.4 Å². The molecule has 0 saturated heterocycles. The summed E-state index contributed by atoms with van der Waals surface area (Å²) in [5.74, 6) is 1.44. The highest BCUT2D eigenvalue weighted by molar-refractivity contribution is 5.18. The number of likely N-dealkylation sites (N-methyl/N-ethyl adjacent to an activating group) is 1. The van der Waals surface area contributed by atoms with Crippen molar-refractivity contribution in [2.45, 2.75) is 58.9 Å². The van der Waals surface area contributed by atoms with Crippen LogP contribution in [-0.4, -0.2) is 13.1 Å². The summed E-state index contributed by atoms with van der Waals surface area (Å²) in [7, 11) is 2.02. The molecule has 0 heterocycles. The van der Waals surface area contributed by atoms with Gasteiger partial charge in [-0.05, 0) is 68.0 Å². The third-order valence-electron chi connectivity index (χ3n) is 5.33. The maximum atomic E-state index is 13.8. The summed E-state index contributed by atoms with van der Waals surface area (Å²) in [5, 5.41) is 3.43. The third-order valence-corrected chi connectivity index (χ3v) is 5.33. The van der Waals surface area contributed by atoms with E-state index in [4.69, 9.17) is 0 Å². The van der Waals surface area contributed by atoms with Crippen LogP contribution < -0.4 is 5.32 Å². The Morgan fingerprint density at radius 3 is 2.29 bits per heavy atom. The predicted octanol–water partition coefficient (Wildman–Crippen LogP) is 4.81. The van der Waals surface area contributed by atoms with Crippen molar-refractivity contribution in [1.82, 2.24) is 5.32 Å². The Balaban J connectivity index is 1.96. The van der Waals surface area contributed by atoms with Crippen molar-refractivity contribution in [1.29, 1.82) is 0 Å². The fourth-order valence-electron chi connectivity index (χ4n) is 3.79. The molecule has 1 atom stereocenters. The van der Waals surface area contributed by atoms with Crippen LogP contribution in [0.25, 0.3) is 0 Å². The van der Waals surface area contributed by atoms with Gasteiger partial charge in [-0.3, -0.25) is 0 Å². The van der Waals surface area contributed by atoms with Crippen LogP contribution in [0.2, 0.25) is 0 Å². The van der Waals surface area contributed by atoms with Crippen LogP contribution in [0.15, 0.2) is 24.3 Å². The van der Waals surface area contributed by atoms with Crippen molar-refractivity contribution in [2.24, 2.45) is 17.3 Å². The van der Waals surface area contributed by atoms with Crippen LogP contribution in [0.1, 0.15) is 52.0 Å². The second-order valence-corrected chi connectivity index (χ2v) is 7.67. The number of rotatable bonds is 4. The molecular weight excluding hydrogens is 261 g/mol. The highest BCUT2D eigenvalue weighted by Gasteiger charge is 2.32. The summed E-state index contributed by atoms with van der Waals surface area (Å²) in [6, 6.07) is 7.57. The first-order chi connectivity index (χ1) is 9.91. The fraction of sp³-hybridized carbons (Fsp3) is 0.684. The molecular formula is C19H30FN.